The van der Waals surface area contributed by atoms with Gasteiger partial charge in [0.15, 0.2) is 5.82 Å². The van der Waals surface area contributed by atoms with Crippen molar-refractivity contribution in [1.82, 2.24) is 5.16 Å². The first-order valence-electron chi connectivity index (χ1n) is 7.25. The molecule has 8 heteroatoms. The zero-order valence-corrected chi connectivity index (χ0v) is 13.6. The molecule has 1 unspecified atom stereocenters. The zero-order valence-electron chi connectivity index (χ0n) is 13.6. The van der Waals surface area contributed by atoms with E-state index in [4.69, 9.17) is 9.36 Å². The molecule has 0 fully saturated rings. The largest absolute Gasteiger partial charge is 0.383 e. The van der Waals surface area contributed by atoms with Crippen molar-refractivity contribution in [3.63, 3.8) is 0 Å². The molecule has 0 spiro atoms. The third-order valence-corrected chi connectivity index (χ3v) is 2.96. The number of oxime groups is 1. The fraction of sp³-hybridized carbons (Fsp3) is 0.250. The van der Waals surface area contributed by atoms with Gasteiger partial charge in [0, 0.05) is 11.8 Å². The minimum Gasteiger partial charge on any atom is -0.383 e. The van der Waals surface area contributed by atoms with Crippen LogP contribution in [0.2, 0.25) is 0 Å². The molecule has 1 atom stereocenters. The lowest BCUT2D eigenvalue weighted by Crippen LogP contribution is -2.26. The van der Waals surface area contributed by atoms with Crippen LogP contribution in [0.1, 0.15) is 18.2 Å². The zero-order chi connectivity index (χ0) is 17.5. The Morgan fingerprint density at radius 1 is 1.25 bits per heavy atom. The molecule has 24 heavy (non-hydrogen) atoms. The highest BCUT2D eigenvalue weighted by Crippen LogP contribution is 2.09. The lowest BCUT2D eigenvalue weighted by atomic mass is 10.2. The number of carbonyl (C=O) groups is 2. The molecule has 0 saturated heterocycles. The summed E-state index contributed by atoms with van der Waals surface area (Å²) >= 11 is 0. The summed E-state index contributed by atoms with van der Waals surface area (Å²) < 4.78 is 4.83. The number of nitrogens with one attached hydrogen (secondary N) is 2. The van der Waals surface area contributed by atoms with Gasteiger partial charge in [0.1, 0.15) is 12.0 Å². The van der Waals surface area contributed by atoms with Gasteiger partial charge in [-0.05, 0) is 32.9 Å². The smallest absolute Gasteiger partial charge is 0.270 e. The maximum Gasteiger partial charge on any atom is 0.270 e. The third-order valence-electron chi connectivity index (χ3n) is 2.96. The Labute approximate surface area is 138 Å². The molecule has 0 aliphatic rings. The van der Waals surface area contributed by atoms with Crippen molar-refractivity contribution < 1.29 is 18.9 Å². The normalized spacial score (nSPS) is 12.0. The summed E-state index contributed by atoms with van der Waals surface area (Å²) in [5.74, 6) is -0.0586. The molecule has 1 heterocycles. The molecule has 0 aliphatic heterocycles. The standard InChI is InChI=1S/C16H18N4O4/c1-10-4-6-13(7-5-10)18-15(21)9-17-24-12(3)16(22)19-14-8-11(2)23-20-14/h4-9,12H,1-3H3,(H,18,21)(H,19,20,22). The summed E-state index contributed by atoms with van der Waals surface area (Å²) in [6.07, 6.45) is 0.0644. The number of benzene rings is 1. The van der Waals surface area contributed by atoms with E-state index in [0.29, 0.717) is 11.4 Å². The molecule has 0 bridgehead atoms. The Morgan fingerprint density at radius 3 is 2.58 bits per heavy atom. The van der Waals surface area contributed by atoms with E-state index < -0.39 is 17.9 Å². The number of nitrogens with zero attached hydrogens (tertiary/aromatic N) is 2. The maximum absolute atomic E-state index is 11.8. The Balaban J connectivity index is 1.78. The fourth-order valence-corrected chi connectivity index (χ4v) is 1.68. The SMILES string of the molecule is Cc1ccc(NC(=O)C=NOC(C)C(=O)Nc2cc(C)on2)cc1. The van der Waals surface area contributed by atoms with E-state index in [0.717, 1.165) is 11.8 Å². The van der Waals surface area contributed by atoms with Gasteiger partial charge >= 0.3 is 0 Å². The summed E-state index contributed by atoms with van der Waals surface area (Å²) in [7, 11) is 0. The second-order valence-electron chi connectivity index (χ2n) is 5.15. The van der Waals surface area contributed by atoms with E-state index in [2.05, 4.69) is 20.9 Å². The molecule has 0 saturated carbocycles. The first kappa shape index (κ1) is 17.2. The fourth-order valence-electron chi connectivity index (χ4n) is 1.68. The van der Waals surface area contributed by atoms with Crippen LogP contribution in [0.25, 0.3) is 0 Å². The van der Waals surface area contributed by atoms with Crippen molar-refractivity contribution >= 4 is 29.5 Å². The number of hydrogen-bond acceptors (Lipinski definition) is 6. The van der Waals surface area contributed by atoms with Crippen LogP contribution in [0, 0.1) is 13.8 Å². The number of aryl methyl sites for hydroxylation is 2. The molecule has 0 aliphatic carbocycles. The van der Waals surface area contributed by atoms with E-state index in [-0.39, 0.29) is 5.82 Å². The summed E-state index contributed by atoms with van der Waals surface area (Å²) in [6.45, 7) is 5.16. The van der Waals surface area contributed by atoms with Gasteiger partial charge in [0.2, 0.25) is 6.10 Å². The summed E-state index contributed by atoms with van der Waals surface area (Å²) in [5.41, 5.74) is 1.73. The van der Waals surface area contributed by atoms with Crippen LogP contribution in [0.3, 0.4) is 0 Å². The molecular weight excluding hydrogens is 312 g/mol. The average molecular weight is 330 g/mol. The lowest BCUT2D eigenvalue weighted by Gasteiger charge is -2.08. The van der Waals surface area contributed by atoms with Gasteiger partial charge in [0.25, 0.3) is 11.8 Å². The van der Waals surface area contributed by atoms with Crippen LogP contribution < -0.4 is 10.6 Å². The number of amides is 2. The Bertz CT molecular complexity index is 737. The van der Waals surface area contributed by atoms with E-state index >= 15 is 0 Å². The molecule has 2 aromatic rings. The second kappa shape index (κ2) is 7.91. The molecule has 2 amide bonds. The van der Waals surface area contributed by atoms with Gasteiger partial charge < -0.3 is 20.0 Å². The van der Waals surface area contributed by atoms with Crippen LogP contribution in [0.4, 0.5) is 11.5 Å². The van der Waals surface area contributed by atoms with Crippen LogP contribution >= 0.6 is 0 Å². The predicted molar refractivity (Wildman–Crippen MR) is 88.7 cm³/mol. The van der Waals surface area contributed by atoms with Gasteiger partial charge in [0.05, 0.1) is 0 Å². The van der Waals surface area contributed by atoms with Crippen molar-refractivity contribution in [2.75, 3.05) is 10.6 Å². The summed E-state index contributed by atoms with van der Waals surface area (Å²) in [5, 5.41) is 12.3. The average Bonchev–Trinajstić information content (AvgIpc) is 2.94. The van der Waals surface area contributed by atoms with Crippen LogP contribution in [0.5, 0.6) is 0 Å². The van der Waals surface area contributed by atoms with E-state index in [1.807, 2.05) is 19.1 Å². The van der Waals surface area contributed by atoms with Gasteiger partial charge in [-0.1, -0.05) is 28.0 Å². The third kappa shape index (κ3) is 5.24. The van der Waals surface area contributed by atoms with Crippen LogP contribution in [0.15, 0.2) is 40.0 Å². The van der Waals surface area contributed by atoms with E-state index in [9.17, 15) is 9.59 Å². The van der Waals surface area contributed by atoms with Gasteiger partial charge in [-0.15, -0.1) is 0 Å². The first-order valence-corrected chi connectivity index (χ1v) is 7.25. The molecular formula is C16H18N4O4. The molecule has 8 nitrogen and oxygen atoms in total. The van der Waals surface area contributed by atoms with Crippen molar-refractivity contribution in [1.29, 1.82) is 0 Å². The van der Waals surface area contributed by atoms with Gasteiger partial charge in [-0.3, -0.25) is 9.59 Å². The monoisotopic (exact) mass is 330 g/mol. The molecule has 0 radical (unpaired) electrons. The Kier molecular flexibility index (Phi) is 5.67. The van der Waals surface area contributed by atoms with Gasteiger partial charge in [-0.2, -0.15) is 0 Å². The number of carbonyl (C=O) groups excluding carboxylic acids is 2. The molecule has 2 rings (SSSR count). The minimum atomic E-state index is -0.898. The number of rotatable bonds is 6. The van der Waals surface area contributed by atoms with E-state index in [1.54, 1.807) is 25.1 Å². The van der Waals surface area contributed by atoms with Crippen LogP contribution in [-0.2, 0) is 14.4 Å². The number of anilines is 2. The number of aromatic nitrogens is 1. The highest BCUT2D eigenvalue weighted by molar-refractivity contribution is 6.31. The highest BCUT2D eigenvalue weighted by Gasteiger charge is 2.16. The van der Waals surface area contributed by atoms with Crippen LogP contribution in [-0.4, -0.2) is 29.3 Å². The molecule has 1 aromatic carbocycles. The summed E-state index contributed by atoms with van der Waals surface area (Å²) in [4.78, 5) is 28.5. The topological polar surface area (TPSA) is 106 Å². The molecule has 1 aromatic heterocycles. The minimum absolute atomic E-state index is 0.286. The Morgan fingerprint density at radius 2 is 1.96 bits per heavy atom. The van der Waals surface area contributed by atoms with Crippen molar-refractivity contribution in [3.05, 3.63) is 41.7 Å². The predicted octanol–water partition coefficient (Wildman–Crippen LogP) is 2.26. The first-order chi connectivity index (χ1) is 11.4. The lowest BCUT2D eigenvalue weighted by molar-refractivity contribution is -0.126. The second-order valence-corrected chi connectivity index (χ2v) is 5.15. The molecule has 126 valence electrons. The number of hydrogen-bond donors (Lipinski definition) is 2. The maximum atomic E-state index is 11.8. The molecule has 2 N–H and O–H groups in total. The van der Waals surface area contributed by atoms with E-state index in [1.165, 1.54) is 6.92 Å². The summed E-state index contributed by atoms with van der Waals surface area (Å²) in [6, 6.07) is 8.88. The van der Waals surface area contributed by atoms with Crippen molar-refractivity contribution in [3.8, 4) is 0 Å². The highest BCUT2D eigenvalue weighted by atomic mass is 16.6. The Hall–Kier alpha value is -3.16. The van der Waals surface area contributed by atoms with Gasteiger partial charge in [-0.25, -0.2) is 0 Å². The quantitative estimate of drug-likeness (QED) is 0.624. The van der Waals surface area contributed by atoms with Crippen molar-refractivity contribution in [2.45, 2.75) is 26.9 Å². The van der Waals surface area contributed by atoms with Crippen molar-refractivity contribution in [2.24, 2.45) is 5.16 Å².